The highest BCUT2D eigenvalue weighted by atomic mass is 32.1. The fourth-order valence-corrected chi connectivity index (χ4v) is 2.68. The predicted octanol–water partition coefficient (Wildman–Crippen LogP) is 3.64. The Bertz CT molecular complexity index is 1000. The van der Waals surface area contributed by atoms with Crippen molar-refractivity contribution in [2.45, 2.75) is 6.92 Å². The molecule has 0 saturated carbocycles. The lowest BCUT2D eigenvalue weighted by molar-refractivity contribution is -0.114. The van der Waals surface area contributed by atoms with Gasteiger partial charge in [0.2, 0.25) is 5.91 Å². The minimum absolute atomic E-state index is 0.0600. The van der Waals surface area contributed by atoms with Crippen LogP contribution in [0.25, 0.3) is 10.9 Å². The van der Waals surface area contributed by atoms with Gasteiger partial charge in [-0.1, -0.05) is 0 Å². The van der Waals surface area contributed by atoms with Crippen LogP contribution in [0.15, 0.2) is 40.8 Å². The second-order valence-electron chi connectivity index (χ2n) is 4.77. The molecular formula is C15H10N6O2S. The van der Waals surface area contributed by atoms with Gasteiger partial charge in [-0.2, -0.15) is 9.64 Å². The zero-order chi connectivity index (χ0) is 17.1. The third-order valence-corrected chi connectivity index (χ3v) is 3.79. The monoisotopic (exact) mass is 338 g/mol. The summed E-state index contributed by atoms with van der Waals surface area (Å²) in [4.78, 5) is 15.1. The predicted molar refractivity (Wildman–Crippen MR) is 88.7 cm³/mol. The standard InChI is InChI=1S/C15H10N6O2S/c1-8(22)18-12-4-10(2-3-13(12)23)19-20-15-11-7-17-6-9(5-16)14(11)21-24-15/h2-4,6-7,23H,1H3,(H,18,22)/b20-19+. The number of aromatic nitrogens is 2. The number of azo groups is 1. The van der Waals surface area contributed by atoms with Gasteiger partial charge < -0.3 is 10.4 Å². The first-order valence-electron chi connectivity index (χ1n) is 6.74. The first-order chi connectivity index (χ1) is 11.6. The van der Waals surface area contributed by atoms with E-state index in [0.717, 1.165) is 11.5 Å². The molecule has 0 atom stereocenters. The van der Waals surface area contributed by atoms with Crippen LogP contribution < -0.4 is 5.32 Å². The lowest BCUT2D eigenvalue weighted by Crippen LogP contribution is -2.05. The summed E-state index contributed by atoms with van der Waals surface area (Å²) in [6.07, 6.45) is 3.02. The molecule has 0 aliphatic heterocycles. The molecule has 0 saturated heterocycles. The van der Waals surface area contributed by atoms with E-state index in [2.05, 4.69) is 24.9 Å². The van der Waals surface area contributed by atoms with Gasteiger partial charge >= 0.3 is 0 Å². The molecule has 3 rings (SSSR count). The Kier molecular flexibility index (Phi) is 4.13. The number of phenolic OH excluding ortho intramolecular Hbond substituents is 1. The summed E-state index contributed by atoms with van der Waals surface area (Å²) in [5, 5.41) is 30.6. The van der Waals surface area contributed by atoms with Crippen molar-refractivity contribution in [3.8, 4) is 11.8 Å². The molecule has 0 aliphatic rings. The molecule has 0 radical (unpaired) electrons. The van der Waals surface area contributed by atoms with Crippen molar-refractivity contribution in [2.75, 3.05) is 5.32 Å². The normalized spacial score (nSPS) is 10.8. The molecule has 8 nitrogen and oxygen atoms in total. The van der Waals surface area contributed by atoms with Crippen LogP contribution in [0.5, 0.6) is 5.75 Å². The third kappa shape index (κ3) is 3.04. The van der Waals surface area contributed by atoms with Crippen LogP contribution in [0.2, 0.25) is 0 Å². The number of fused-ring (bicyclic) bond motifs is 1. The molecule has 1 aromatic carbocycles. The fourth-order valence-electron chi connectivity index (χ4n) is 1.98. The van der Waals surface area contributed by atoms with Crippen molar-refractivity contribution in [1.82, 2.24) is 9.36 Å². The van der Waals surface area contributed by atoms with Crippen molar-refractivity contribution in [3.63, 3.8) is 0 Å². The van der Waals surface area contributed by atoms with Gasteiger partial charge in [0, 0.05) is 19.3 Å². The lowest BCUT2D eigenvalue weighted by Gasteiger charge is -2.04. The molecular weight excluding hydrogens is 328 g/mol. The van der Waals surface area contributed by atoms with E-state index in [1.165, 1.54) is 25.3 Å². The number of carbonyl (C=O) groups excluding carboxylic acids is 1. The van der Waals surface area contributed by atoms with Crippen LogP contribution in [0.1, 0.15) is 12.5 Å². The van der Waals surface area contributed by atoms with E-state index in [0.29, 0.717) is 27.2 Å². The Hall–Kier alpha value is -3.38. The van der Waals surface area contributed by atoms with Crippen molar-refractivity contribution in [2.24, 2.45) is 10.2 Å². The Morgan fingerprint density at radius 2 is 2.21 bits per heavy atom. The molecule has 118 valence electrons. The number of nitrogens with zero attached hydrogens (tertiary/aromatic N) is 5. The van der Waals surface area contributed by atoms with Gasteiger partial charge in [0.15, 0.2) is 5.00 Å². The van der Waals surface area contributed by atoms with Gasteiger partial charge in [0.25, 0.3) is 0 Å². The summed E-state index contributed by atoms with van der Waals surface area (Å²) in [5.74, 6) is -0.363. The Balaban J connectivity index is 1.94. The summed E-state index contributed by atoms with van der Waals surface area (Å²) in [6, 6.07) is 6.51. The first-order valence-corrected chi connectivity index (χ1v) is 7.51. The summed E-state index contributed by atoms with van der Waals surface area (Å²) in [6.45, 7) is 1.34. The summed E-state index contributed by atoms with van der Waals surface area (Å²) in [7, 11) is 0. The number of aromatic hydroxyl groups is 1. The van der Waals surface area contributed by atoms with Gasteiger partial charge in [-0.3, -0.25) is 9.78 Å². The highest BCUT2D eigenvalue weighted by Gasteiger charge is 2.10. The third-order valence-electron chi connectivity index (χ3n) is 3.04. The molecule has 1 amide bonds. The minimum atomic E-state index is -0.303. The second kappa shape index (κ2) is 6.39. The van der Waals surface area contributed by atoms with Crippen molar-refractivity contribution in [1.29, 1.82) is 5.26 Å². The number of rotatable bonds is 3. The molecule has 2 aromatic heterocycles. The molecule has 2 heterocycles. The number of nitriles is 1. The number of pyridine rings is 1. The summed E-state index contributed by atoms with van der Waals surface area (Å²) >= 11 is 1.11. The molecule has 0 bridgehead atoms. The average Bonchev–Trinajstić information content (AvgIpc) is 2.98. The van der Waals surface area contributed by atoms with Gasteiger partial charge in [0.05, 0.1) is 22.3 Å². The van der Waals surface area contributed by atoms with Gasteiger partial charge in [0.1, 0.15) is 17.3 Å². The van der Waals surface area contributed by atoms with Crippen molar-refractivity contribution in [3.05, 3.63) is 36.2 Å². The van der Waals surface area contributed by atoms with E-state index in [1.54, 1.807) is 12.3 Å². The maximum atomic E-state index is 11.1. The van der Waals surface area contributed by atoms with Crippen LogP contribution in [-0.2, 0) is 4.79 Å². The smallest absolute Gasteiger partial charge is 0.221 e. The Morgan fingerprint density at radius 1 is 1.38 bits per heavy atom. The molecule has 0 unspecified atom stereocenters. The van der Waals surface area contributed by atoms with Crippen LogP contribution in [0, 0.1) is 11.3 Å². The van der Waals surface area contributed by atoms with Crippen LogP contribution in [-0.4, -0.2) is 20.4 Å². The molecule has 0 aliphatic carbocycles. The van der Waals surface area contributed by atoms with Gasteiger partial charge in [-0.05, 0) is 29.7 Å². The summed E-state index contributed by atoms with van der Waals surface area (Å²) < 4.78 is 4.20. The highest BCUT2D eigenvalue weighted by Crippen LogP contribution is 2.34. The second-order valence-corrected chi connectivity index (χ2v) is 5.52. The van der Waals surface area contributed by atoms with Crippen LogP contribution in [0.3, 0.4) is 0 Å². The van der Waals surface area contributed by atoms with Crippen LogP contribution >= 0.6 is 11.5 Å². The topological polar surface area (TPSA) is 124 Å². The number of phenols is 1. The SMILES string of the molecule is CC(=O)Nc1cc(/N=N/c2snc3c(C#N)cncc23)ccc1O. The van der Waals surface area contributed by atoms with E-state index >= 15 is 0 Å². The van der Waals surface area contributed by atoms with Gasteiger partial charge in [-0.25, -0.2) is 0 Å². The molecule has 0 spiro atoms. The van der Waals surface area contributed by atoms with E-state index in [1.807, 2.05) is 6.07 Å². The number of hydrogen-bond acceptors (Lipinski definition) is 8. The molecule has 0 fully saturated rings. The summed E-state index contributed by atoms with van der Waals surface area (Å²) in [5.41, 5.74) is 1.61. The molecule has 24 heavy (non-hydrogen) atoms. The number of nitrogens with one attached hydrogen (secondary N) is 1. The first kappa shape index (κ1) is 15.5. The zero-order valence-electron chi connectivity index (χ0n) is 12.4. The number of amides is 1. The molecule has 3 aromatic rings. The number of benzene rings is 1. The number of anilines is 1. The van der Waals surface area contributed by atoms with Crippen LogP contribution in [0.4, 0.5) is 16.4 Å². The zero-order valence-corrected chi connectivity index (χ0v) is 13.2. The molecule has 2 N–H and O–H groups in total. The van der Waals surface area contributed by atoms with E-state index in [-0.39, 0.29) is 17.3 Å². The maximum Gasteiger partial charge on any atom is 0.221 e. The number of carbonyl (C=O) groups is 1. The van der Waals surface area contributed by atoms with Crippen molar-refractivity contribution >= 4 is 44.7 Å². The lowest BCUT2D eigenvalue weighted by atomic mass is 10.2. The Morgan fingerprint density at radius 3 is 2.96 bits per heavy atom. The minimum Gasteiger partial charge on any atom is -0.506 e. The van der Waals surface area contributed by atoms with Gasteiger partial charge in [-0.15, -0.1) is 10.2 Å². The van der Waals surface area contributed by atoms with Crippen molar-refractivity contribution < 1.29 is 9.90 Å². The fraction of sp³-hybridized carbons (Fsp3) is 0.0667. The number of hydrogen-bond donors (Lipinski definition) is 2. The highest BCUT2D eigenvalue weighted by molar-refractivity contribution is 7.11. The van der Waals surface area contributed by atoms with E-state index in [9.17, 15) is 9.90 Å². The Labute approximate surface area is 140 Å². The average molecular weight is 338 g/mol. The van der Waals surface area contributed by atoms with E-state index < -0.39 is 0 Å². The maximum absolute atomic E-state index is 11.1. The van der Waals surface area contributed by atoms with E-state index in [4.69, 9.17) is 5.26 Å². The molecule has 9 heteroatoms. The largest absolute Gasteiger partial charge is 0.506 e. The quantitative estimate of drug-likeness (QED) is 0.557.